The molecule has 0 amide bonds. The minimum atomic E-state index is 0.0570. The van der Waals surface area contributed by atoms with E-state index in [1.165, 1.54) is 60.5 Å². The van der Waals surface area contributed by atoms with Gasteiger partial charge >= 0.3 is 0 Å². The summed E-state index contributed by atoms with van der Waals surface area (Å²) in [4.78, 5) is 0. The van der Waals surface area contributed by atoms with Crippen molar-refractivity contribution >= 4 is 17.2 Å². The molecule has 0 heterocycles. The van der Waals surface area contributed by atoms with Gasteiger partial charge in [0.15, 0.2) is 0 Å². The Bertz CT molecular complexity index is 1310. The summed E-state index contributed by atoms with van der Waals surface area (Å²) in [5, 5.41) is 2.84. The van der Waals surface area contributed by atoms with Gasteiger partial charge in [0, 0.05) is 0 Å². The lowest BCUT2D eigenvalue weighted by Crippen LogP contribution is -2.31. The average Bonchev–Trinajstić information content (AvgIpc) is 3.29. The monoisotopic (exact) mass is 438 g/mol. The van der Waals surface area contributed by atoms with Crippen molar-refractivity contribution in [3.63, 3.8) is 0 Å². The van der Waals surface area contributed by atoms with Crippen LogP contribution in [0.4, 0.5) is 0 Å². The lowest BCUT2D eigenvalue weighted by atomic mass is 9.77. The third-order valence-corrected chi connectivity index (χ3v) is 7.22. The second-order valence-electron chi connectivity index (χ2n) is 13.4. The largest absolute Gasteiger partial charge is 0.0763 e. The predicted octanol–water partition coefficient (Wildman–Crippen LogP) is 8.04. The second kappa shape index (κ2) is 7.59. The van der Waals surface area contributed by atoms with Gasteiger partial charge in [0.2, 0.25) is 0 Å². The van der Waals surface area contributed by atoms with Crippen molar-refractivity contribution in [1.82, 2.24) is 0 Å². The van der Waals surface area contributed by atoms with E-state index in [1.807, 2.05) is 0 Å². The number of benzene rings is 2. The quantitative estimate of drug-likeness (QED) is 0.360. The van der Waals surface area contributed by atoms with Crippen LogP contribution in [0.3, 0.4) is 0 Å². The van der Waals surface area contributed by atoms with Gasteiger partial charge in [-0.15, -0.1) is 0 Å². The fraction of sp³-hybridized carbons (Fsp3) is 0.455. The molecule has 33 heavy (non-hydrogen) atoms. The van der Waals surface area contributed by atoms with Crippen LogP contribution >= 0.6 is 0 Å². The minimum Gasteiger partial charge on any atom is -0.0763 e. The average molecular weight is 439 g/mol. The summed E-state index contributed by atoms with van der Waals surface area (Å²) in [6.45, 7) is 25.5. The van der Waals surface area contributed by atoms with E-state index in [1.54, 1.807) is 0 Å². The van der Waals surface area contributed by atoms with Gasteiger partial charge in [-0.2, -0.15) is 0 Å². The number of rotatable bonds is 1. The molecule has 0 aromatic heterocycles. The highest BCUT2D eigenvalue weighted by Gasteiger charge is 2.29. The molecule has 0 saturated carbocycles. The Morgan fingerprint density at radius 1 is 0.727 bits per heavy atom. The molecule has 174 valence electrons. The first-order valence-corrected chi connectivity index (χ1v) is 12.5. The van der Waals surface area contributed by atoms with Crippen LogP contribution in [-0.4, -0.2) is 0 Å². The van der Waals surface area contributed by atoms with E-state index in [-0.39, 0.29) is 16.2 Å². The van der Waals surface area contributed by atoms with Crippen molar-refractivity contribution in [2.75, 3.05) is 0 Å². The summed E-state index contributed by atoms with van der Waals surface area (Å²) in [6.07, 6.45) is 8.42. The molecule has 0 N–H and O–H groups in total. The van der Waals surface area contributed by atoms with Crippen LogP contribution in [-0.2, 0) is 10.8 Å². The summed E-state index contributed by atoms with van der Waals surface area (Å²) in [5.41, 5.74) is 13.2. The Labute approximate surface area is 201 Å². The van der Waals surface area contributed by atoms with Crippen molar-refractivity contribution in [3.8, 4) is 11.1 Å². The Balaban J connectivity index is 2.10. The molecule has 0 atom stereocenters. The molecule has 0 bridgehead atoms. The number of hydrogen-bond donors (Lipinski definition) is 0. The minimum absolute atomic E-state index is 0.0570. The second-order valence-corrected chi connectivity index (χ2v) is 13.4. The van der Waals surface area contributed by atoms with Crippen molar-refractivity contribution in [2.45, 2.75) is 93.4 Å². The van der Waals surface area contributed by atoms with Gasteiger partial charge in [-0.25, -0.2) is 0 Å². The number of hydrogen-bond acceptors (Lipinski definition) is 0. The summed E-state index contributed by atoms with van der Waals surface area (Å²) >= 11 is 0. The van der Waals surface area contributed by atoms with Crippen LogP contribution in [0.15, 0.2) is 42.0 Å². The van der Waals surface area contributed by atoms with E-state index >= 15 is 0 Å². The molecule has 4 rings (SSSR count). The van der Waals surface area contributed by atoms with E-state index in [0.717, 1.165) is 6.42 Å². The summed E-state index contributed by atoms with van der Waals surface area (Å²) in [5.74, 6) is 0. The zero-order chi connectivity index (χ0) is 24.5. The molecular formula is C33H42. The molecule has 2 aliphatic carbocycles. The van der Waals surface area contributed by atoms with Crippen molar-refractivity contribution in [3.05, 3.63) is 74.7 Å². The van der Waals surface area contributed by atoms with Crippen LogP contribution in [0.2, 0.25) is 0 Å². The Morgan fingerprint density at radius 2 is 1.39 bits per heavy atom. The standard InChI is InChI=1S/C33H42/c1-20(2)26-19-27-25-15-14-24(32(6,7)8)17-22(25)18-28(27)29(30(26)33(9,10)11)21-12-13-23(16-21)31(3,4)5/h13-19H,12H2,1-11H3. The molecule has 0 fully saturated rings. The SMILES string of the molecule is CC(C)=c1cc2c(c(C3=CC(C(C)(C)C)=CC3)c1C(C)(C)C)=Cc1cc(C(C)(C)C)ccc1-2. The highest BCUT2D eigenvalue weighted by Crippen LogP contribution is 2.40. The molecule has 0 saturated heterocycles. The highest BCUT2D eigenvalue weighted by molar-refractivity contribution is 5.89. The van der Waals surface area contributed by atoms with Crippen LogP contribution in [0, 0.1) is 5.41 Å². The Kier molecular flexibility index (Phi) is 5.47. The molecule has 0 unspecified atom stereocenters. The summed E-state index contributed by atoms with van der Waals surface area (Å²) < 4.78 is 0. The maximum Gasteiger partial charge on any atom is -0.00850 e. The van der Waals surface area contributed by atoms with Gasteiger partial charge in [0.1, 0.15) is 0 Å². The van der Waals surface area contributed by atoms with E-state index in [9.17, 15) is 0 Å². The first-order chi connectivity index (χ1) is 15.1. The first kappa shape index (κ1) is 23.8. The van der Waals surface area contributed by atoms with E-state index in [4.69, 9.17) is 0 Å². The molecule has 0 radical (unpaired) electrons. The third-order valence-electron chi connectivity index (χ3n) is 7.22. The molecule has 0 aliphatic heterocycles. The summed E-state index contributed by atoms with van der Waals surface area (Å²) in [7, 11) is 0. The molecule has 0 spiro atoms. The normalized spacial score (nSPS) is 15.6. The van der Waals surface area contributed by atoms with Crippen molar-refractivity contribution < 1.29 is 0 Å². The van der Waals surface area contributed by atoms with Gasteiger partial charge in [-0.05, 0) is 104 Å². The predicted molar refractivity (Wildman–Crippen MR) is 147 cm³/mol. The smallest absolute Gasteiger partial charge is 0.00850 e. The van der Waals surface area contributed by atoms with Gasteiger partial charge in [-0.3, -0.25) is 0 Å². The van der Waals surface area contributed by atoms with Gasteiger partial charge in [0.05, 0.1) is 0 Å². The summed E-state index contributed by atoms with van der Waals surface area (Å²) in [6, 6.07) is 9.58. The number of allylic oxidation sites excluding steroid dienone is 4. The molecule has 0 heteroatoms. The Morgan fingerprint density at radius 3 is 1.91 bits per heavy atom. The Hall–Kier alpha value is -2.34. The van der Waals surface area contributed by atoms with Crippen LogP contribution < -0.4 is 10.4 Å². The number of fused-ring (bicyclic) bond motifs is 3. The van der Waals surface area contributed by atoms with Crippen LogP contribution in [0.1, 0.15) is 105 Å². The van der Waals surface area contributed by atoms with E-state index < -0.39 is 0 Å². The molecule has 2 aromatic carbocycles. The fourth-order valence-corrected chi connectivity index (χ4v) is 5.35. The van der Waals surface area contributed by atoms with Gasteiger partial charge in [-0.1, -0.05) is 98.2 Å². The zero-order valence-corrected chi connectivity index (χ0v) is 22.7. The maximum atomic E-state index is 2.48. The van der Waals surface area contributed by atoms with Gasteiger partial charge < -0.3 is 0 Å². The fourth-order valence-electron chi connectivity index (χ4n) is 5.35. The zero-order valence-electron chi connectivity index (χ0n) is 22.7. The maximum absolute atomic E-state index is 2.48. The molecule has 2 aliphatic rings. The van der Waals surface area contributed by atoms with Crippen LogP contribution in [0.5, 0.6) is 0 Å². The lowest BCUT2D eigenvalue weighted by Gasteiger charge is -2.27. The van der Waals surface area contributed by atoms with Crippen molar-refractivity contribution in [2.24, 2.45) is 5.41 Å². The van der Waals surface area contributed by atoms with Crippen molar-refractivity contribution in [1.29, 1.82) is 0 Å². The molecule has 2 aromatic rings. The highest BCUT2D eigenvalue weighted by atomic mass is 14.3. The van der Waals surface area contributed by atoms with E-state index in [0.29, 0.717) is 0 Å². The van der Waals surface area contributed by atoms with E-state index in [2.05, 4.69) is 119 Å². The lowest BCUT2D eigenvalue weighted by molar-refractivity contribution is 0.518. The molecule has 0 nitrogen and oxygen atoms in total. The van der Waals surface area contributed by atoms with Crippen LogP contribution in [0.25, 0.3) is 28.3 Å². The molecular weight excluding hydrogens is 396 g/mol. The third kappa shape index (κ3) is 4.18. The first-order valence-electron chi connectivity index (χ1n) is 12.5. The topological polar surface area (TPSA) is 0 Å². The van der Waals surface area contributed by atoms with Gasteiger partial charge in [0.25, 0.3) is 0 Å².